The number of benzene rings is 14. The Morgan fingerprint density at radius 1 is 0.287 bits per heavy atom. The first-order valence-corrected chi connectivity index (χ1v) is 38.4. The standard InChI is InChI=1S/C92H80O7P2/c93-91-69(55-67-29-21-25-45-83(67)89(91)87-81-43-23-19-27-65(81)47-49-85(87)100(77-35-11-3-12-36-77)78-37-13-4-14-38-78)61-95-59-63-51-73(97-71-31-7-1-8-32-71)57-75(53-63)99-76-54-64(52-74(58-76)98-72-33-9-2-10-34-72)60-96-62-70-56-68-30-22-26-46-84(68)90(92(70)94)88-82-44-24-20-28-66(82)48-50-86(88)101(79-39-15-5-16-40-79)80-41-17-6-18-42-80/h3-6,11-30,35-58,71-72,93-94H,1-2,7-10,31-34,59-62H2. The van der Waals surface area contributed by atoms with Crippen molar-refractivity contribution in [1.82, 2.24) is 0 Å². The lowest BCUT2D eigenvalue weighted by Gasteiger charge is -2.25. The van der Waals surface area contributed by atoms with Gasteiger partial charge in [0, 0.05) is 45.5 Å². The van der Waals surface area contributed by atoms with Gasteiger partial charge in [0.25, 0.3) is 0 Å². The van der Waals surface area contributed by atoms with Crippen LogP contribution in [0.1, 0.15) is 86.5 Å². The van der Waals surface area contributed by atoms with Gasteiger partial charge in [0.1, 0.15) is 34.5 Å². The van der Waals surface area contributed by atoms with Gasteiger partial charge in [-0.3, -0.25) is 0 Å². The van der Waals surface area contributed by atoms with Crippen molar-refractivity contribution in [3.8, 4) is 56.8 Å². The number of fused-ring (bicyclic) bond motifs is 4. The Labute approximate surface area is 594 Å². The molecule has 2 saturated carbocycles. The fourth-order valence-electron chi connectivity index (χ4n) is 15.2. The van der Waals surface area contributed by atoms with Gasteiger partial charge in [-0.25, -0.2) is 0 Å². The van der Waals surface area contributed by atoms with Crippen molar-refractivity contribution >= 4 is 90.8 Å². The Morgan fingerprint density at radius 2 is 0.604 bits per heavy atom. The largest absolute Gasteiger partial charge is 0.507 e. The molecule has 7 nitrogen and oxygen atoms in total. The molecule has 0 heterocycles. The van der Waals surface area contributed by atoms with Gasteiger partial charge in [-0.1, -0.05) is 255 Å². The van der Waals surface area contributed by atoms with E-state index in [-0.39, 0.29) is 50.1 Å². The van der Waals surface area contributed by atoms with Gasteiger partial charge in [0.15, 0.2) is 0 Å². The van der Waals surface area contributed by atoms with Crippen molar-refractivity contribution in [2.24, 2.45) is 0 Å². The maximum absolute atomic E-state index is 13.0. The number of hydrogen-bond donors (Lipinski definition) is 2. The molecule has 2 fully saturated rings. The maximum Gasteiger partial charge on any atom is 0.131 e. The van der Waals surface area contributed by atoms with Crippen LogP contribution in [0.5, 0.6) is 34.5 Å². The summed E-state index contributed by atoms with van der Waals surface area (Å²) < 4.78 is 34.3. The van der Waals surface area contributed by atoms with Gasteiger partial charge in [0.2, 0.25) is 0 Å². The number of phenolic OH excluding ortho intramolecular Hbond substituents is 2. The molecule has 16 rings (SSSR count). The first-order valence-electron chi connectivity index (χ1n) is 35.7. The Bertz CT molecular complexity index is 4820. The number of hydrogen-bond acceptors (Lipinski definition) is 7. The van der Waals surface area contributed by atoms with Crippen LogP contribution in [0.15, 0.2) is 291 Å². The lowest BCUT2D eigenvalue weighted by molar-refractivity contribution is 0.104. The molecule has 0 aromatic heterocycles. The highest BCUT2D eigenvalue weighted by molar-refractivity contribution is 7.80. The van der Waals surface area contributed by atoms with Crippen LogP contribution >= 0.6 is 15.8 Å². The summed E-state index contributed by atoms with van der Waals surface area (Å²) in [5.41, 5.74) is 6.80. The van der Waals surface area contributed by atoms with Crippen molar-refractivity contribution in [1.29, 1.82) is 0 Å². The molecular formula is C92H80O7P2. The summed E-state index contributed by atoms with van der Waals surface area (Å²) in [5.74, 6) is 3.07. The van der Waals surface area contributed by atoms with Crippen LogP contribution in [0.25, 0.3) is 65.3 Å². The lowest BCUT2D eigenvalue weighted by atomic mass is 9.91. The molecule has 0 radical (unpaired) electrons. The van der Waals surface area contributed by atoms with Crippen LogP contribution in [-0.4, -0.2) is 22.4 Å². The molecule has 101 heavy (non-hydrogen) atoms. The van der Waals surface area contributed by atoms with E-state index < -0.39 is 15.8 Å². The number of ether oxygens (including phenoxy) is 5. The normalized spacial score (nSPS) is 13.8. The molecular weight excluding hydrogens is 1280 g/mol. The molecule has 500 valence electrons. The Morgan fingerprint density at radius 3 is 0.970 bits per heavy atom. The Balaban J connectivity index is 0.716. The molecule has 0 amide bonds. The van der Waals surface area contributed by atoms with E-state index in [1.807, 2.05) is 24.3 Å². The zero-order valence-electron chi connectivity index (χ0n) is 56.6. The summed E-state index contributed by atoms with van der Waals surface area (Å²) in [5, 5.41) is 41.7. The Hall–Kier alpha value is -10.1. The van der Waals surface area contributed by atoms with E-state index in [0.29, 0.717) is 22.6 Å². The number of rotatable bonds is 22. The summed E-state index contributed by atoms with van der Waals surface area (Å²) in [6.07, 6.45) is 11.1. The predicted octanol–water partition coefficient (Wildman–Crippen LogP) is 21.2. The number of aromatic hydroxyl groups is 2. The first kappa shape index (κ1) is 65.5. The molecule has 2 aliphatic rings. The van der Waals surface area contributed by atoms with Gasteiger partial charge in [0.05, 0.1) is 38.6 Å². The second-order valence-corrected chi connectivity index (χ2v) is 31.2. The fraction of sp³-hybridized carbons (Fsp3) is 0.174. The second kappa shape index (κ2) is 30.4. The summed E-state index contributed by atoms with van der Waals surface area (Å²) in [6, 6.07) is 102. The zero-order valence-corrected chi connectivity index (χ0v) is 58.4. The molecule has 14 aromatic rings. The van der Waals surface area contributed by atoms with Crippen molar-refractivity contribution < 1.29 is 33.9 Å². The molecule has 0 unspecified atom stereocenters. The van der Waals surface area contributed by atoms with E-state index in [9.17, 15) is 10.2 Å². The summed E-state index contributed by atoms with van der Waals surface area (Å²) in [4.78, 5) is 0. The smallest absolute Gasteiger partial charge is 0.131 e. The van der Waals surface area contributed by atoms with E-state index >= 15 is 0 Å². The predicted molar refractivity (Wildman–Crippen MR) is 419 cm³/mol. The first-order chi connectivity index (χ1) is 49.9. The SMILES string of the molecule is Oc1c(COCc2cc(Oc3cc(COCc4cc5ccccc5c(-c5c(P(c6ccccc6)c6ccccc6)ccc6ccccc56)c4O)cc(OC4CCCCC4)c3)cc(OC3CCCCC3)c2)cc2ccccc2c1-c1c(P(c2ccccc2)c2ccccc2)ccc2ccccc12. The van der Waals surface area contributed by atoms with Crippen LogP contribution in [0.3, 0.4) is 0 Å². The monoisotopic (exact) mass is 1360 g/mol. The maximum atomic E-state index is 13.0. The minimum atomic E-state index is -1.05. The second-order valence-electron chi connectivity index (χ2n) is 26.8. The van der Waals surface area contributed by atoms with Gasteiger partial charge in [-0.2, -0.15) is 0 Å². The van der Waals surface area contributed by atoms with E-state index in [1.165, 1.54) is 44.7 Å². The summed E-state index contributed by atoms with van der Waals surface area (Å²) in [6.45, 7) is 0.748. The Kier molecular flexibility index (Phi) is 19.7. The van der Waals surface area contributed by atoms with Gasteiger partial charge in [-0.15, -0.1) is 0 Å². The molecule has 2 aliphatic carbocycles. The molecule has 2 N–H and O–H groups in total. The third-order valence-electron chi connectivity index (χ3n) is 19.9. The lowest BCUT2D eigenvalue weighted by Crippen LogP contribution is -2.22. The molecule has 9 heteroatoms. The third kappa shape index (κ3) is 14.4. The van der Waals surface area contributed by atoms with Gasteiger partial charge in [-0.05, 0) is 190 Å². The van der Waals surface area contributed by atoms with Crippen molar-refractivity contribution in [3.63, 3.8) is 0 Å². The quantitative estimate of drug-likeness (QED) is 0.0654. The third-order valence-corrected chi connectivity index (χ3v) is 24.9. The van der Waals surface area contributed by atoms with Crippen LogP contribution in [-0.2, 0) is 35.9 Å². The van der Waals surface area contributed by atoms with E-state index in [0.717, 1.165) is 139 Å². The fourth-order valence-corrected chi connectivity index (χ4v) is 20.2. The summed E-state index contributed by atoms with van der Waals surface area (Å²) in [7, 11) is -2.11. The van der Waals surface area contributed by atoms with Crippen LogP contribution in [0.2, 0.25) is 0 Å². The summed E-state index contributed by atoms with van der Waals surface area (Å²) >= 11 is 0. The molecule has 0 saturated heterocycles. The molecule has 0 spiro atoms. The van der Waals surface area contributed by atoms with Crippen LogP contribution in [0.4, 0.5) is 0 Å². The topological polar surface area (TPSA) is 86.6 Å². The average Bonchev–Trinajstić information content (AvgIpc) is 0.743. The van der Waals surface area contributed by atoms with E-state index in [4.69, 9.17) is 23.7 Å². The average molecular weight is 1360 g/mol. The van der Waals surface area contributed by atoms with Crippen molar-refractivity contribution in [2.75, 3.05) is 0 Å². The highest BCUT2D eigenvalue weighted by Crippen LogP contribution is 2.49. The van der Waals surface area contributed by atoms with Crippen LogP contribution in [0, 0.1) is 0 Å². The minimum Gasteiger partial charge on any atom is -0.507 e. The van der Waals surface area contributed by atoms with Crippen molar-refractivity contribution in [3.05, 3.63) is 313 Å². The zero-order chi connectivity index (χ0) is 67.9. The molecule has 0 atom stereocenters. The van der Waals surface area contributed by atoms with E-state index in [1.54, 1.807) is 0 Å². The molecule has 0 aliphatic heterocycles. The van der Waals surface area contributed by atoms with Gasteiger partial charge >= 0.3 is 0 Å². The van der Waals surface area contributed by atoms with Crippen molar-refractivity contribution in [2.45, 2.75) is 103 Å². The van der Waals surface area contributed by atoms with Crippen LogP contribution < -0.4 is 46.0 Å². The molecule has 0 bridgehead atoms. The minimum absolute atomic E-state index is 0.0917. The van der Waals surface area contributed by atoms with Gasteiger partial charge < -0.3 is 33.9 Å². The highest BCUT2D eigenvalue weighted by atomic mass is 31.1. The number of phenols is 2. The van der Waals surface area contributed by atoms with E-state index in [2.05, 4.69) is 267 Å². The highest BCUT2D eigenvalue weighted by Gasteiger charge is 2.29. The molecule has 14 aromatic carbocycles.